The van der Waals surface area contributed by atoms with Gasteiger partial charge in [0.15, 0.2) is 11.5 Å². The summed E-state index contributed by atoms with van der Waals surface area (Å²) < 4.78 is 16.1. The maximum Gasteiger partial charge on any atom is 0.311 e. The van der Waals surface area contributed by atoms with E-state index in [1.807, 2.05) is 38.1 Å². The second-order valence-electron chi connectivity index (χ2n) is 6.02. The van der Waals surface area contributed by atoms with Crippen molar-refractivity contribution >= 4 is 5.97 Å². The molecular formula is C20H24O5. The fourth-order valence-corrected chi connectivity index (χ4v) is 2.63. The molecule has 0 aliphatic heterocycles. The topological polar surface area (TPSA) is 65.0 Å². The summed E-state index contributed by atoms with van der Waals surface area (Å²) in [7, 11) is 3.08. The van der Waals surface area contributed by atoms with Gasteiger partial charge < -0.3 is 19.3 Å². The Bertz CT molecular complexity index is 707. The molecule has 5 nitrogen and oxygen atoms in total. The van der Waals surface area contributed by atoms with Crippen LogP contribution in [0.15, 0.2) is 42.5 Å². The highest BCUT2D eigenvalue weighted by atomic mass is 16.5. The number of carboxylic acids is 1. The average molecular weight is 344 g/mol. The molecule has 0 bridgehead atoms. The Balaban J connectivity index is 2.22. The zero-order valence-corrected chi connectivity index (χ0v) is 15.0. The van der Waals surface area contributed by atoms with E-state index in [-0.39, 0.29) is 6.10 Å². The number of aliphatic carboxylic acids is 1. The molecule has 0 aliphatic carbocycles. The van der Waals surface area contributed by atoms with Crippen LogP contribution < -0.4 is 14.2 Å². The van der Waals surface area contributed by atoms with Gasteiger partial charge in [-0.25, -0.2) is 0 Å². The van der Waals surface area contributed by atoms with Gasteiger partial charge in [-0.15, -0.1) is 0 Å². The summed E-state index contributed by atoms with van der Waals surface area (Å²) in [6.45, 7) is 3.93. The second kappa shape index (κ2) is 8.42. The van der Waals surface area contributed by atoms with Gasteiger partial charge in [-0.05, 0) is 55.7 Å². The lowest BCUT2D eigenvalue weighted by molar-refractivity contribution is -0.138. The van der Waals surface area contributed by atoms with Crippen LogP contribution in [-0.2, 0) is 11.2 Å². The number of methoxy groups -OCH3 is 2. The van der Waals surface area contributed by atoms with E-state index in [9.17, 15) is 9.90 Å². The van der Waals surface area contributed by atoms with Crippen LogP contribution in [0.3, 0.4) is 0 Å². The predicted octanol–water partition coefficient (Wildman–Crippen LogP) is 3.90. The molecule has 0 aromatic heterocycles. The number of rotatable bonds is 8. The van der Waals surface area contributed by atoms with E-state index in [2.05, 4.69) is 0 Å². The van der Waals surface area contributed by atoms with E-state index in [4.69, 9.17) is 14.2 Å². The highest BCUT2D eigenvalue weighted by Gasteiger charge is 2.22. The van der Waals surface area contributed by atoms with Gasteiger partial charge in [0.2, 0.25) is 0 Å². The summed E-state index contributed by atoms with van der Waals surface area (Å²) >= 11 is 0. The summed E-state index contributed by atoms with van der Waals surface area (Å²) in [5.41, 5.74) is 1.60. The normalized spacial score (nSPS) is 11.9. The molecule has 1 unspecified atom stereocenters. The number of benzene rings is 2. The van der Waals surface area contributed by atoms with Crippen LogP contribution in [-0.4, -0.2) is 31.4 Å². The first-order valence-electron chi connectivity index (χ1n) is 8.15. The summed E-state index contributed by atoms with van der Waals surface area (Å²) in [4.78, 5) is 11.8. The second-order valence-corrected chi connectivity index (χ2v) is 6.02. The molecule has 0 fully saturated rings. The lowest BCUT2D eigenvalue weighted by Crippen LogP contribution is -2.14. The Kier molecular flexibility index (Phi) is 6.28. The third-order valence-corrected chi connectivity index (χ3v) is 3.84. The highest BCUT2D eigenvalue weighted by Crippen LogP contribution is 2.32. The van der Waals surface area contributed by atoms with Crippen LogP contribution in [0.2, 0.25) is 0 Å². The van der Waals surface area contributed by atoms with Gasteiger partial charge in [0.25, 0.3) is 0 Å². The van der Waals surface area contributed by atoms with E-state index in [0.717, 1.165) is 11.3 Å². The third kappa shape index (κ3) is 4.89. The molecule has 0 heterocycles. The lowest BCUT2D eigenvalue weighted by Gasteiger charge is -2.16. The SMILES string of the molecule is COc1ccc(C(Cc2ccc(OC(C)C)cc2)C(=O)O)cc1OC. The highest BCUT2D eigenvalue weighted by molar-refractivity contribution is 5.77. The van der Waals surface area contributed by atoms with E-state index in [1.54, 1.807) is 25.3 Å². The van der Waals surface area contributed by atoms with Crippen LogP contribution >= 0.6 is 0 Å². The van der Waals surface area contributed by atoms with Crippen LogP contribution in [0.1, 0.15) is 30.9 Å². The molecule has 2 rings (SSSR count). The van der Waals surface area contributed by atoms with Crippen molar-refractivity contribution in [1.82, 2.24) is 0 Å². The van der Waals surface area contributed by atoms with Gasteiger partial charge in [0.1, 0.15) is 5.75 Å². The first kappa shape index (κ1) is 18.6. The fourth-order valence-electron chi connectivity index (χ4n) is 2.63. The molecule has 0 amide bonds. The number of carboxylic acid groups (broad SMARTS) is 1. The molecule has 2 aromatic carbocycles. The molecule has 1 N–H and O–H groups in total. The summed E-state index contributed by atoms with van der Waals surface area (Å²) in [6, 6.07) is 12.7. The molecule has 5 heteroatoms. The van der Waals surface area contributed by atoms with Gasteiger partial charge in [-0.2, -0.15) is 0 Å². The molecular weight excluding hydrogens is 320 g/mol. The van der Waals surface area contributed by atoms with Gasteiger partial charge in [-0.1, -0.05) is 18.2 Å². The van der Waals surface area contributed by atoms with Gasteiger partial charge in [0, 0.05) is 0 Å². The monoisotopic (exact) mass is 344 g/mol. The van der Waals surface area contributed by atoms with E-state index in [1.165, 1.54) is 7.11 Å². The molecule has 25 heavy (non-hydrogen) atoms. The Morgan fingerprint density at radius 2 is 1.64 bits per heavy atom. The van der Waals surface area contributed by atoms with Crippen molar-refractivity contribution in [3.8, 4) is 17.2 Å². The smallest absolute Gasteiger partial charge is 0.311 e. The van der Waals surface area contributed by atoms with Gasteiger partial charge in [-0.3, -0.25) is 4.79 Å². The zero-order chi connectivity index (χ0) is 18.4. The molecule has 0 spiro atoms. The van der Waals surface area contributed by atoms with Crippen molar-refractivity contribution in [2.75, 3.05) is 14.2 Å². The minimum atomic E-state index is -0.880. The quantitative estimate of drug-likeness (QED) is 0.787. The third-order valence-electron chi connectivity index (χ3n) is 3.84. The molecule has 0 saturated heterocycles. The summed E-state index contributed by atoms with van der Waals surface area (Å²) in [6.07, 6.45) is 0.483. The number of ether oxygens (including phenoxy) is 3. The fraction of sp³-hybridized carbons (Fsp3) is 0.350. The van der Waals surface area contributed by atoms with E-state index in [0.29, 0.717) is 23.5 Å². The average Bonchev–Trinajstić information content (AvgIpc) is 2.59. The molecule has 2 aromatic rings. The van der Waals surface area contributed by atoms with Crippen molar-refractivity contribution < 1.29 is 24.1 Å². The molecule has 0 radical (unpaired) electrons. The Morgan fingerprint density at radius 3 is 2.16 bits per heavy atom. The molecule has 0 aliphatic rings. The number of hydrogen-bond acceptors (Lipinski definition) is 4. The summed E-state index contributed by atoms with van der Waals surface area (Å²) in [5, 5.41) is 9.65. The maximum atomic E-state index is 11.8. The Hall–Kier alpha value is -2.69. The first-order valence-corrected chi connectivity index (χ1v) is 8.15. The minimum Gasteiger partial charge on any atom is -0.493 e. The molecule has 134 valence electrons. The largest absolute Gasteiger partial charge is 0.493 e. The lowest BCUT2D eigenvalue weighted by atomic mass is 9.91. The van der Waals surface area contributed by atoms with Gasteiger partial charge in [0.05, 0.1) is 26.2 Å². The zero-order valence-electron chi connectivity index (χ0n) is 15.0. The predicted molar refractivity (Wildman–Crippen MR) is 95.8 cm³/mol. The Morgan fingerprint density at radius 1 is 1.00 bits per heavy atom. The minimum absolute atomic E-state index is 0.101. The van der Waals surface area contributed by atoms with Crippen LogP contribution in [0.25, 0.3) is 0 Å². The maximum absolute atomic E-state index is 11.8. The van der Waals surface area contributed by atoms with Gasteiger partial charge >= 0.3 is 5.97 Å². The van der Waals surface area contributed by atoms with Crippen LogP contribution in [0.5, 0.6) is 17.2 Å². The first-order chi connectivity index (χ1) is 11.9. The van der Waals surface area contributed by atoms with Crippen LogP contribution in [0, 0.1) is 0 Å². The standard InChI is InChI=1S/C20H24O5/c1-13(2)25-16-8-5-14(6-9-16)11-17(20(21)22)15-7-10-18(23-3)19(12-15)24-4/h5-10,12-13,17H,11H2,1-4H3,(H,21,22). The molecule has 1 atom stereocenters. The Labute approximate surface area is 148 Å². The number of carbonyl (C=O) groups is 1. The van der Waals surface area contributed by atoms with Crippen molar-refractivity contribution in [1.29, 1.82) is 0 Å². The van der Waals surface area contributed by atoms with Crippen molar-refractivity contribution in [2.24, 2.45) is 0 Å². The van der Waals surface area contributed by atoms with Crippen LogP contribution in [0.4, 0.5) is 0 Å². The summed E-state index contributed by atoms with van der Waals surface area (Å²) in [5.74, 6) is 0.320. The number of hydrogen-bond donors (Lipinski definition) is 1. The van der Waals surface area contributed by atoms with E-state index >= 15 is 0 Å². The van der Waals surface area contributed by atoms with Crippen molar-refractivity contribution in [3.05, 3.63) is 53.6 Å². The van der Waals surface area contributed by atoms with E-state index < -0.39 is 11.9 Å². The molecule has 0 saturated carbocycles. The van der Waals surface area contributed by atoms with Crippen molar-refractivity contribution in [3.63, 3.8) is 0 Å². The van der Waals surface area contributed by atoms with Crippen molar-refractivity contribution in [2.45, 2.75) is 32.3 Å².